The standard InChI is InChI=1S/C34H36N4O5S.C4H8/c1-7-8-25(4)36-37-38(6)43-33(40)32(21-27-18-23(2)17-24(3)19-27)28-11-15-30(16-12-28)42-29-13-9-26(10-14-29)20-31(22-39)44-34(41)35-5;1-3-4-2/h7-19,21-22,31H,4,20H2,1-3,5-6H3,(H,35,41);3-4H,1-2H3/b8-7-,32-21+,37-36?;4-3-. The molecule has 3 aromatic carbocycles. The molecule has 0 fully saturated rings. The minimum Gasteiger partial charge on any atom is -0.457 e. The average molecular weight is 669 g/mol. The summed E-state index contributed by atoms with van der Waals surface area (Å²) in [5, 5.41) is 10.6. The molecule has 1 unspecified atom stereocenters. The topological polar surface area (TPSA) is 110 Å². The molecule has 0 aromatic heterocycles. The molecule has 252 valence electrons. The summed E-state index contributed by atoms with van der Waals surface area (Å²) in [6.45, 7) is 13.6. The molecule has 1 atom stereocenters. The maximum atomic E-state index is 13.3. The third kappa shape index (κ3) is 14.0. The Kier molecular flexibility index (Phi) is 16.9. The van der Waals surface area contributed by atoms with Crippen molar-refractivity contribution < 1.29 is 24.0 Å². The van der Waals surface area contributed by atoms with Crippen molar-refractivity contribution in [1.29, 1.82) is 0 Å². The predicted molar refractivity (Wildman–Crippen MR) is 196 cm³/mol. The minimum atomic E-state index is -0.616. The number of allylic oxidation sites excluding steroid dienone is 4. The highest BCUT2D eigenvalue weighted by atomic mass is 32.2. The Morgan fingerprint density at radius 1 is 0.938 bits per heavy atom. The molecule has 1 N–H and O–H groups in total. The second-order valence-corrected chi connectivity index (χ2v) is 11.7. The Morgan fingerprint density at radius 3 is 2.04 bits per heavy atom. The molecule has 0 spiro atoms. The number of ether oxygens (including phenoxy) is 1. The molecule has 48 heavy (non-hydrogen) atoms. The molecule has 0 saturated heterocycles. The van der Waals surface area contributed by atoms with Crippen LogP contribution in [-0.4, -0.2) is 42.0 Å². The number of rotatable bonds is 13. The van der Waals surface area contributed by atoms with Gasteiger partial charge in [0.2, 0.25) is 0 Å². The molecule has 3 aromatic rings. The molecule has 0 aliphatic rings. The van der Waals surface area contributed by atoms with E-state index in [4.69, 9.17) is 9.57 Å². The first-order chi connectivity index (χ1) is 23.0. The number of thioether (sulfide) groups is 1. The van der Waals surface area contributed by atoms with Gasteiger partial charge in [-0.05, 0) is 99.4 Å². The number of carbonyl (C=O) groups excluding carboxylic acids is 3. The van der Waals surface area contributed by atoms with Crippen LogP contribution in [0.3, 0.4) is 0 Å². The zero-order valence-corrected chi connectivity index (χ0v) is 29.4. The van der Waals surface area contributed by atoms with Crippen LogP contribution in [0.5, 0.6) is 11.5 Å². The highest BCUT2D eigenvalue weighted by Crippen LogP contribution is 2.27. The van der Waals surface area contributed by atoms with Gasteiger partial charge in [0, 0.05) is 7.05 Å². The second kappa shape index (κ2) is 20.8. The van der Waals surface area contributed by atoms with Crippen LogP contribution >= 0.6 is 11.8 Å². The molecular formula is C38H44N4O5S. The summed E-state index contributed by atoms with van der Waals surface area (Å²) in [5.74, 6) is 0.546. The number of carbonyl (C=O) groups is 3. The molecule has 0 bridgehead atoms. The van der Waals surface area contributed by atoms with Crippen molar-refractivity contribution in [3.05, 3.63) is 131 Å². The van der Waals surface area contributed by atoms with Gasteiger partial charge in [-0.1, -0.05) is 90.2 Å². The zero-order chi connectivity index (χ0) is 35.5. The summed E-state index contributed by atoms with van der Waals surface area (Å²) in [5.41, 5.74) is 5.24. The summed E-state index contributed by atoms with van der Waals surface area (Å²) in [6, 6.07) is 20.4. The molecule has 0 saturated carbocycles. The number of amides is 1. The number of benzene rings is 3. The largest absolute Gasteiger partial charge is 0.457 e. The van der Waals surface area contributed by atoms with Gasteiger partial charge in [-0.15, -0.1) is 10.3 Å². The smallest absolute Gasteiger partial charge is 0.365 e. The van der Waals surface area contributed by atoms with Crippen LogP contribution in [0.15, 0.2) is 114 Å². The molecule has 9 nitrogen and oxygen atoms in total. The van der Waals surface area contributed by atoms with E-state index >= 15 is 0 Å². The van der Waals surface area contributed by atoms with E-state index in [0.29, 0.717) is 34.8 Å². The normalized spacial score (nSPS) is 11.9. The average Bonchev–Trinajstić information content (AvgIpc) is 3.07. The molecule has 0 aliphatic heterocycles. The number of hydrogen-bond acceptors (Lipinski definition) is 8. The van der Waals surface area contributed by atoms with Gasteiger partial charge in [0.25, 0.3) is 5.24 Å². The van der Waals surface area contributed by atoms with Gasteiger partial charge in [0.05, 0.1) is 23.6 Å². The van der Waals surface area contributed by atoms with Crippen LogP contribution < -0.4 is 10.1 Å². The monoisotopic (exact) mass is 668 g/mol. The fourth-order valence-corrected chi connectivity index (χ4v) is 4.86. The van der Waals surface area contributed by atoms with Gasteiger partial charge in [0.1, 0.15) is 17.8 Å². The maximum absolute atomic E-state index is 13.3. The van der Waals surface area contributed by atoms with Gasteiger partial charge in [0.15, 0.2) is 0 Å². The van der Waals surface area contributed by atoms with Gasteiger partial charge in [-0.3, -0.25) is 4.79 Å². The van der Waals surface area contributed by atoms with Gasteiger partial charge >= 0.3 is 5.97 Å². The lowest BCUT2D eigenvalue weighted by molar-refractivity contribution is -0.178. The first-order valence-electron chi connectivity index (χ1n) is 15.3. The van der Waals surface area contributed by atoms with E-state index < -0.39 is 11.2 Å². The van der Waals surface area contributed by atoms with E-state index in [2.05, 4.69) is 28.3 Å². The van der Waals surface area contributed by atoms with Crippen molar-refractivity contribution in [1.82, 2.24) is 10.5 Å². The van der Waals surface area contributed by atoms with E-state index in [-0.39, 0.29) is 5.24 Å². The van der Waals surface area contributed by atoms with E-state index in [1.165, 1.54) is 14.1 Å². The zero-order valence-electron chi connectivity index (χ0n) is 28.6. The number of aldehydes is 1. The number of hydrogen-bond donors (Lipinski definition) is 1. The Labute approximate surface area is 288 Å². The van der Waals surface area contributed by atoms with Crippen molar-refractivity contribution in [2.24, 2.45) is 10.3 Å². The van der Waals surface area contributed by atoms with E-state index in [1.54, 1.807) is 54.6 Å². The van der Waals surface area contributed by atoms with Crippen molar-refractivity contribution in [2.75, 3.05) is 14.1 Å². The Morgan fingerprint density at radius 2 is 1.52 bits per heavy atom. The Balaban J connectivity index is 0.00000189. The highest BCUT2D eigenvalue weighted by molar-refractivity contribution is 8.14. The molecular weight excluding hydrogens is 625 g/mol. The summed E-state index contributed by atoms with van der Waals surface area (Å²) in [4.78, 5) is 41.8. The molecule has 0 aliphatic carbocycles. The Bertz CT molecular complexity index is 1620. The van der Waals surface area contributed by atoms with Crippen LogP contribution in [0.1, 0.15) is 48.6 Å². The highest BCUT2D eigenvalue weighted by Gasteiger charge is 2.18. The maximum Gasteiger partial charge on any atom is 0.365 e. The summed E-state index contributed by atoms with van der Waals surface area (Å²) < 4.78 is 6.01. The molecule has 0 radical (unpaired) electrons. The fourth-order valence-electron chi connectivity index (χ4n) is 4.13. The lowest BCUT2D eigenvalue weighted by Gasteiger charge is -2.14. The van der Waals surface area contributed by atoms with Crippen LogP contribution in [0.2, 0.25) is 0 Å². The predicted octanol–water partition coefficient (Wildman–Crippen LogP) is 9.25. The number of nitrogens with zero attached hydrogens (tertiary/aromatic N) is 3. The third-order valence-corrected chi connectivity index (χ3v) is 7.36. The van der Waals surface area contributed by atoms with Crippen molar-refractivity contribution >= 4 is 40.9 Å². The lowest BCUT2D eigenvalue weighted by Crippen LogP contribution is -2.18. The SMILES string of the molecule is C/C=C\C.C=C(/C=C\C)N=NN(C)OC(=O)/C(=C/c1cc(C)cc(C)c1)c1ccc(Oc2ccc(CC(C=O)SC(=O)NC)cc2)cc1. The van der Waals surface area contributed by atoms with Crippen LogP contribution in [0, 0.1) is 13.8 Å². The first kappa shape index (κ1) is 39.0. The Hall–Kier alpha value is -5.22. The molecule has 10 heteroatoms. The molecule has 0 heterocycles. The van der Waals surface area contributed by atoms with Crippen molar-refractivity contribution in [3.8, 4) is 11.5 Å². The molecule has 3 rings (SSSR count). The fraction of sp³-hybridized carbons (Fsp3) is 0.237. The van der Waals surface area contributed by atoms with E-state index in [1.807, 2.05) is 71.0 Å². The third-order valence-electron chi connectivity index (χ3n) is 6.36. The second-order valence-electron chi connectivity index (χ2n) is 10.5. The van der Waals surface area contributed by atoms with Gasteiger partial charge in [-0.25, -0.2) is 4.79 Å². The minimum absolute atomic E-state index is 0.255. The van der Waals surface area contributed by atoms with Crippen LogP contribution in [-0.2, 0) is 20.8 Å². The van der Waals surface area contributed by atoms with E-state index in [0.717, 1.165) is 45.5 Å². The summed E-state index contributed by atoms with van der Waals surface area (Å²) >= 11 is 0.957. The quantitative estimate of drug-likeness (QED) is 0.0368. The van der Waals surface area contributed by atoms with Crippen molar-refractivity contribution in [3.63, 3.8) is 0 Å². The van der Waals surface area contributed by atoms with Gasteiger partial charge in [-0.2, -0.15) is 0 Å². The number of aryl methyl sites for hydroxylation is 2. The van der Waals surface area contributed by atoms with Crippen molar-refractivity contribution in [2.45, 2.75) is 46.3 Å². The van der Waals surface area contributed by atoms with Crippen LogP contribution in [0.4, 0.5) is 4.79 Å². The summed E-state index contributed by atoms with van der Waals surface area (Å²) in [7, 11) is 3.00. The first-order valence-corrected chi connectivity index (χ1v) is 16.2. The number of hydroxylamine groups is 1. The van der Waals surface area contributed by atoms with Gasteiger partial charge < -0.3 is 19.7 Å². The molecule has 1 amide bonds. The van der Waals surface area contributed by atoms with Crippen LogP contribution in [0.25, 0.3) is 11.6 Å². The lowest BCUT2D eigenvalue weighted by atomic mass is 10.0. The number of nitrogens with one attached hydrogen (secondary N) is 1. The summed E-state index contributed by atoms with van der Waals surface area (Å²) in [6.07, 6.45) is 10.4. The van der Waals surface area contributed by atoms with E-state index in [9.17, 15) is 14.4 Å².